The highest BCUT2D eigenvalue weighted by molar-refractivity contribution is 5.84. The van der Waals surface area contributed by atoms with E-state index in [1.165, 1.54) is 0 Å². The van der Waals surface area contributed by atoms with Gasteiger partial charge in [0.1, 0.15) is 6.61 Å². The molecule has 0 saturated heterocycles. The van der Waals surface area contributed by atoms with E-state index in [1.54, 1.807) is 25.1 Å². The number of amides is 1. The van der Waals surface area contributed by atoms with E-state index in [0.717, 1.165) is 29.8 Å². The van der Waals surface area contributed by atoms with Gasteiger partial charge in [0.05, 0.1) is 18.3 Å². The van der Waals surface area contributed by atoms with Gasteiger partial charge in [-0.05, 0) is 56.2 Å². The van der Waals surface area contributed by atoms with Gasteiger partial charge in [0.25, 0.3) is 0 Å². The first-order valence-corrected chi connectivity index (χ1v) is 10.1. The van der Waals surface area contributed by atoms with Crippen LogP contribution in [0.5, 0.6) is 0 Å². The number of nitrogens with one attached hydrogen (secondary N) is 1. The molecule has 0 fully saturated rings. The van der Waals surface area contributed by atoms with Crippen LogP contribution in [0.25, 0.3) is 0 Å². The summed E-state index contributed by atoms with van der Waals surface area (Å²) >= 11 is 0. The number of carbonyl (C=O) groups excluding carboxylic acids is 2. The Morgan fingerprint density at radius 3 is 2.25 bits per heavy atom. The van der Waals surface area contributed by atoms with Crippen LogP contribution >= 0.6 is 0 Å². The van der Waals surface area contributed by atoms with Crippen molar-refractivity contribution in [1.29, 1.82) is 0 Å². The maximum absolute atomic E-state index is 12.6. The quantitative estimate of drug-likeness (QED) is 0.518. The number of alkyl halides is 3. The molecule has 0 aromatic heterocycles. The lowest BCUT2D eigenvalue weighted by atomic mass is 10.0. The first-order valence-electron chi connectivity index (χ1n) is 10.1. The number of anilines is 1. The van der Waals surface area contributed by atoms with Crippen LogP contribution in [-0.2, 0) is 38.2 Å². The van der Waals surface area contributed by atoms with Gasteiger partial charge in [0.15, 0.2) is 6.10 Å². The third kappa shape index (κ3) is 8.22. The molecule has 0 spiro atoms. The van der Waals surface area contributed by atoms with Crippen molar-refractivity contribution in [3.63, 3.8) is 0 Å². The zero-order valence-electron chi connectivity index (χ0n) is 18.1. The monoisotopic (exact) mass is 453 g/mol. The Bertz CT molecular complexity index is 897. The Hall–Kier alpha value is -3.07. The fourth-order valence-electron chi connectivity index (χ4n) is 2.86. The molecule has 0 radical (unpaired) electrons. The van der Waals surface area contributed by atoms with Crippen LogP contribution in [0.15, 0.2) is 48.5 Å². The Kier molecular flexibility index (Phi) is 9.07. The van der Waals surface area contributed by atoms with Gasteiger partial charge >= 0.3 is 18.2 Å². The summed E-state index contributed by atoms with van der Waals surface area (Å²) in [6, 6.07) is 11.2. The van der Waals surface area contributed by atoms with Crippen molar-refractivity contribution in [1.82, 2.24) is 0 Å². The van der Waals surface area contributed by atoms with Gasteiger partial charge in [-0.2, -0.15) is 13.2 Å². The van der Waals surface area contributed by atoms with Crippen molar-refractivity contribution < 1.29 is 37.0 Å². The summed E-state index contributed by atoms with van der Waals surface area (Å²) in [4.78, 5) is 24.1. The molecule has 0 bridgehead atoms. The van der Waals surface area contributed by atoms with Crippen molar-refractivity contribution in [2.45, 2.75) is 52.2 Å². The van der Waals surface area contributed by atoms with E-state index in [1.807, 2.05) is 19.9 Å². The second-order valence-corrected chi connectivity index (χ2v) is 7.23. The molecule has 1 N–H and O–H groups in total. The first kappa shape index (κ1) is 25.2. The number of hydrogen-bond acceptors (Lipinski definition) is 5. The van der Waals surface area contributed by atoms with Gasteiger partial charge in [0.2, 0.25) is 0 Å². The minimum absolute atomic E-state index is 0.0601. The van der Waals surface area contributed by atoms with Crippen LogP contribution in [-0.4, -0.2) is 30.9 Å². The molecule has 0 saturated carbocycles. The molecule has 2 aromatic carbocycles. The summed E-state index contributed by atoms with van der Waals surface area (Å²) in [6.45, 7) is 5.56. The smallest absolute Gasteiger partial charge is 0.416 e. The average Bonchev–Trinajstić information content (AvgIpc) is 2.72. The van der Waals surface area contributed by atoms with Crippen LogP contribution in [0, 0.1) is 0 Å². The van der Waals surface area contributed by atoms with Crippen molar-refractivity contribution in [3.05, 3.63) is 65.2 Å². The second-order valence-electron chi connectivity index (χ2n) is 7.23. The lowest BCUT2D eigenvalue weighted by Crippen LogP contribution is -2.31. The lowest BCUT2D eigenvalue weighted by Gasteiger charge is -2.19. The molecule has 2 rings (SSSR count). The van der Waals surface area contributed by atoms with Crippen LogP contribution < -0.4 is 5.32 Å². The summed E-state index contributed by atoms with van der Waals surface area (Å²) in [5.41, 5.74) is 0.848. The fourth-order valence-corrected chi connectivity index (χ4v) is 2.86. The number of carbonyl (C=O) groups is 2. The maximum atomic E-state index is 12.6. The molecule has 32 heavy (non-hydrogen) atoms. The van der Waals surface area contributed by atoms with Crippen LogP contribution in [0.2, 0.25) is 0 Å². The molecule has 9 heteroatoms. The number of esters is 1. The van der Waals surface area contributed by atoms with Crippen LogP contribution in [0.3, 0.4) is 0 Å². The van der Waals surface area contributed by atoms with E-state index in [9.17, 15) is 22.8 Å². The Morgan fingerprint density at radius 1 is 1.00 bits per heavy atom. The lowest BCUT2D eigenvalue weighted by molar-refractivity contribution is -0.159. The van der Waals surface area contributed by atoms with E-state index < -0.39 is 29.9 Å². The molecule has 0 heterocycles. The zero-order chi connectivity index (χ0) is 23.7. The third-order valence-corrected chi connectivity index (χ3v) is 4.23. The number of hydrogen-bond donors (Lipinski definition) is 1. The largest absolute Gasteiger partial charge is 0.464 e. The molecular formula is C23H26F3NO5. The van der Waals surface area contributed by atoms with Gasteiger partial charge < -0.3 is 14.2 Å². The summed E-state index contributed by atoms with van der Waals surface area (Å²) in [7, 11) is 0. The number of halogens is 3. The summed E-state index contributed by atoms with van der Waals surface area (Å²) in [5, 5.41) is 2.38. The first-order chi connectivity index (χ1) is 15.1. The predicted molar refractivity (Wildman–Crippen MR) is 112 cm³/mol. The summed E-state index contributed by atoms with van der Waals surface area (Å²) < 4.78 is 53.7. The zero-order valence-corrected chi connectivity index (χ0v) is 18.1. The van der Waals surface area contributed by atoms with E-state index in [0.29, 0.717) is 12.0 Å². The van der Waals surface area contributed by atoms with Crippen molar-refractivity contribution in [2.75, 3.05) is 11.9 Å². The van der Waals surface area contributed by atoms with E-state index >= 15 is 0 Å². The third-order valence-electron chi connectivity index (χ3n) is 4.23. The Labute approximate surface area is 184 Å². The average molecular weight is 453 g/mol. The van der Waals surface area contributed by atoms with Gasteiger partial charge in [-0.15, -0.1) is 0 Å². The molecular weight excluding hydrogens is 427 g/mol. The van der Waals surface area contributed by atoms with Crippen LogP contribution in [0.4, 0.5) is 23.7 Å². The topological polar surface area (TPSA) is 73.9 Å². The number of rotatable bonds is 9. The molecule has 6 nitrogen and oxygen atoms in total. The fraction of sp³-hybridized carbons (Fsp3) is 0.391. The minimum atomic E-state index is -4.45. The molecule has 1 amide bonds. The van der Waals surface area contributed by atoms with Crippen molar-refractivity contribution in [3.8, 4) is 0 Å². The highest BCUT2D eigenvalue weighted by atomic mass is 19.4. The molecule has 0 aliphatic rings. The summed E-state index contributed by atoms with van der Waals surface area (Å²) in [5.74, 6) is -0.446. The predicted octanol–water partition coefficient (Wildman–Crippen LogP) is 5.35. The van der Waals surface area contributed by atoms with Gasteiger partial charge in [-0.3, -0.25) is 5.32 Å². The molecule has 2 aromatic rings. The number of benzene rings is 2. The Balaban J connectivity index is 1.94. The Morgan fingerprint density at radius 2 is 1.66 bits per heavy atom. The van der Waals surface area contributed by atoms with Gasteiger partial charge in [0, 0.05) is 12.1 Å². The molecule has 0 aliphatic carbocycles. The van der Waals surface area contributed by atoms with Crippen LogP contribution in [0.1, 0.15) is 37.5 Å². The van der Waals surface area contributed by atoms with E-state index in [4.69, 9.17) is 14.2 Å². The second kappa shape index (κ2) is 11.5. The van der Waals surface area contributed by atoms with Crippen molar-refractivity contribution >= 4 is 17.7 Å². The maximum Gasteiger partial charge on any atom is 0.416 e. The standard InChI is InChI=1S/C23H26F3NO5/c1-4-30-21(28)20(32-15(2)3)13-16-6-5-7-17(12-16)14-31-22(29)27-19-10-8-18(9-11-19)23(24,25)26/h5-12,15,20H,4,13-14H2,1-3H3,(H,27,29). The normalized spacial score (nSPS) is 12.3. The van der Waals surface area contributed by atoms with Crippen molar-refractivity contribution in [2.24, 2.45) is 0 Å². The molecule has 1 atom stereocenters. The number of ether oxygens (including phenoxy) is 3. The van der Waals surface area contributed by atoms with Gasteiger partial charge in [-0.1, -0.05) is 24.3 Å². The highest BCUT2D eigenvalue weighted by Crippen LogP contribution is 2.29. The minimum Gasteiger partial charge on any atom is -0.464 e. The molecule has 0 aliphatic heterocycles. The molecule has 1 unspecified atom stereocenters. The van der Waals surface area contributed by atoms with E-state index in [-0.39, 0.29) is 25.0 Å². The molecule has 174 valence electrons. The SMILES string of the molecule is CCOC(=O)C(Cc1cccc(COC(=O)Nc2ccc(C(F)(F)F)cc2)c1)OC(C)C. The van der Waals surface area contributed by atoms with E-state index in [2.05, 4.69) is 5.32 Å². The van der Waals surface area contributed by atoms with Gasteiger partial charge in [-0.25, -0.2) is 9.59 Å². The summed E-state index contributed by atoms with van der Waals surface area (Å²) in [6.07, 6.45) is -5.87. The highest BCUT2D eigenvalue weighted by Gasteiger charge is 2.30.